The first kappa shape index (κ1) is 18.7. The Kier molecular flexibility index (Phi) is 5.56. The molecule has 0 saturated heterocycles. The van der Waals surface area contributed by atoms with Crippen LogP contribution in [0.2, 0.25) is 0 Å². The van der Waals surface area contributed by atoms with Gasteiger partial charge in [0.25, 0.3) is 5.69 Å². The number of imidazole rings is 1. The van der Waals surface area contributed by atoms with Crippen LogP contribution in [0.3, 0.4) is 0 Å². The quantitative estimate of drug-likeness (QED) is 0.393. The van der Waals surface area contributed by atoms with Crippen LogP contribution in [0, 0.1) is 24.0 Å². The number of thioether (sulfide) groups is 1. The van der Waals surface area contributed by atoms with E-state index >= 15 is 0 Å². The number of non-ortho nitro benzene ring substituents is 1. The van der Waals surface area contributed by atoms with Crippen LogP contribution >= 0.6 is 11.8 Å². The first-order valence-corrected chi connectivity index (χ1v) is 9.20. The smallest absolute Gasteiger partial charge is 0.269 e. The van der Waals surface area contributed by atoms with Crippen molar-refractivity contribution in [2.24, 2.45) is 0 Å². The van der Waals surface area contributed by atoms with E-state index in [4.69, 9.17) is 0 Å². The molecule has 7 nitrogen and oxygen atoms in total. The number of benzene rings is 2. The zero-order valence-electron chi connectivity index (χ0n) is 14.9. The summed E-state index contributed by atoms with van der Waals surface area (Å²) < 4.78 is 1.93. The van der Waals surface area contributed by atoms with Gasteiger partial charge in [0, 0.05) is 35.9 Å². The first-order valence-electron chi connectivity index (χ1n) is 8.22. The van der Waals surface area contributed by atoms with Gasteiger partial charge in [-0.2, -0.15) is 0 Å². The van der Waals surface area contributed by atoms with Gasteiger partial charge < -0.3 is 5.32 Å². The molecule has 138 valence electrons. The molecule has 27 heavy (non-hydrogen) atoms. The van der Waals surface area contributed by atoms with E-state index in [0.29, 0.717) is 11.3 Å². The van der Waals surface area contributed by atoms with Crippen molar-refractivity contribution in [2.45, 2.75) is 19.0 Å². The molecule has 0 saturated carbocycles. The minimum Gasteiger partial charge on any atom is -0.325 e. The van der Waals surface area contributed by atoms with Crippen molar-refractivity contribution < 1.29 is 9.72 Å². The number of rotatable bonds is 6. The average molecular weight is 382 g/mol. The molecule has 3 aromatic rings. The van der Waals surface area contributed by atoms with Gasteiger partial charge in [-0.3, -0.25) is 19.5 Å². The lowest BCUT2D eigenvalue weighted by Gasteiger charge is -2.10. The minimum absolute atomic E-state index is 0.0000517. The molecule has 0 spiro atoms. The number of nitro groups is 1. The zero-order chi connectivity index (χ0) is 19.4. The summed E-state index contributed by atoms with van der Waals surface area (Å²) in [4.78, 5) is 26.9. The third-order valence-corrected chi connectivity index (χ3v) is 4.88. The third kappa shape index (κ3) is 4.53. The van der Waals surface area contributed by atoms with E-state index in [0.717, 1.165) is 16.4 Å². The van der Waals surface area contributed by atoms with Gasteiger partial charge in [0.2, 0.25) is 5.91 Å². The molecule has 0 unspecified atom stereocenters. The van der Waals surface area contributed by atoms with Crippen LogP contribution < -0.4 is 5.32 Å². The predicted octanol–water partition coefficient (Wildman–Crippen LogP) is 4.13. The van der Waals surface area contributed by atoms with Gasteiger partial charge >= 0.3 is 0 Å². The SMILES string of the molecule is Cc1cccc(-n2ccnc2SCC(=O)Nc2ccc([N+](=O)[O-])cc2C)c1. The van der Waals surface area contributed by atoms with Crippen molar-refractivity contribution in [2.75, 3.05) is 11.1 Å². The van der Waals surface area contributed by atoms with Crippen LogP contribution in [0.5, 0.6) is 0 Å². The van der Waals surface area contributed by atoms with Crippen molar-refractivity contribution in [3.63, 3.8) is 0 Å². The highest BCUT2D eigenvalue weighted by Gasteiger charge is 2.12. The Morgan fingerprint density at radius 1 is 1.26 bits per heavy atom. The molecule has 1 heterocycles. The molecule has 1 N–H and O–H groups in total. The maximum absolute atomic E-state index is 12.3. The number of anilines is 1. The third-order valence-electron chi connectivity index (χ3n) is 3.91. The fourth-order valence-corrected chi connectivity index (χ4v) is 3.36. The van der Waals surface area contributed by atoms with Crippen molar-refractivity contribution >= 4 is 29.0 Å². The second kappa shape index (κ2) is 8.05. The molecule has 0 aliphatic carbocycles. The van der Waals surface area contributed by atoms with Gasteiger partial charge in [-0.05, 0) is 43.2 Å². The largest absolute Gasteiger partial charge is 0.325 e. The molecule has 0 aliphatic heterocycles. The average Bonchev–Trinajstić information content (AvgIpc) is 3.10. The van der Waals surface area contributed by atoms with Crippen molar-refractivity contribution in [1.82, 2.24) is 9.55 Å². The van der Waals surface area contributed by atoms with Crippen molar-refractivity contribution in [3.8, 4) is 5.69 Å². The van der Waals surface area contributed by atoms with Crippen LogP contribution in [-0.4, -0.2) is 26.1 Å². The summed E-state index contributed by atoms with van der Waals surface area (Å²) in [5, 5.41) is 14.3. The molecule has 0 atom stereocenters. The lowest BCUT2D eigenvalue weighted by molar-refractivity contribution is -0.384. The number of carbonyl (C=O) groups is 1. The number of hydrogen-bond acceptors (Lipinski definition) is 5. The van der Waals surface area contributed by atoms with Gasteiger partial charge in [-0.15, -0.1) is 0 Å². The van der Waals surface area contributed by atoms with Crippen LogP contribution in [0.4, 0.5) is 11.4 Å². The van der Waals surface area contributed by atoms with E-state index in [-0.39, 0.29) is 17.3 Å². The maximum atomic E-state index is 12.3. The number of aryl methyl sites for hydroxylation is 2. The monoisotopic (exact) mass is 382 g/mol. The van der Waals surface area contributed by atoms with Crippen LogP contribution in [-0.2, 0) is 4.79 Å². The summed E-state index contributed by atoms with van der Waals surface area (Å²) in [5.74, 6) is -0.0186. The van der Waals surface area contributed by atoms with Crippen molar-refractivity contribution in [3.05, 3.63) is 76.1 Å². The van der Waals surface area contributed by atoms with Gasteiger partial charge in [-0.1, -0.05) is 23.9 Å². The maximum Gasteiger partial charge on any atom is 0.269 e. The Bertz CT molecular complexity index is 1000. The lowest BCUT2D eigenvalue weighted by Crippen LogP contribution is -2.15. The summed E-state index contributed by atoms with van der Waals surface area (Å²) >= 11 is 1.33. The highest BCUT2D eigenvalue weighted by Crippen LogP contribution is 2.23. The number of hydrogen-bond donors (Lipinski definition) is 1. The predicted molar refractivity (Wildman–Crippen MR) is 105 cm³/mol. The van der Waals surface area contributed by atoms with Crippen LogP contribution in [0.1, 0.15) is 11.1 Å². The summed E-state index contributed by atoms with van der Waals surface area (Å²) in [7, 11) is 0. The Labute approximate surface area is 160 Å². The normalized spacial score (nSPS) is 10.6. The summed E-state index contributed by atoms with van der Waals surface area (Å²) in [5.41, 5.74) is 3.34. The Morgan fingerprint density at radius 3 is 2.78 bits per heavy atom. The molecular weight excluding hydrogens is 364 g/mol. The minimum atomic E-state index is -0.459. The Hall–Kier alpha value is -3.13. The van der Waals surface area contributed by atoms with E-state index in [1.165, 1.54) is 23.9 Å². The summed E-state index contributed by atoms with van der Waals surface area (Å²) in [6.07, 6.45) is 3.55. The summed E-state index contributed by atoms with van der Waals surface area (Å²) in [6.45, 7) is 3.74. The topological polar surface area (TPSA) is 90.1 Å². The Balaban J connectivity index is 1.65. The van der Waals surface area contributed by atoms with E-state index in [9.17, 15) is 14.9 Å². The highest BCUT2D eigenvalue weighted by molar-refractivity contribution is 7.99. The van der Waals surface area contributed by atoms with Gasteiger partial charge in [0.15, 0.2) is 5.16 Å². The second-order valence-corrected chi connectivity index (χ2v) is 6.95. The van der Waals surface area contributed by atoms with Gasteiger partial charge in [0.05, 0.1) is 10.7 Å². The second-order valence-electron chi connectivity index (χ2n) is 6.01. The number of amides is 1. The molecule has 8 heteroatoms. The van der Waals surface area contributed by atoms with E-state index in [1.54, 1.807) is 19.2 Å². The molecule has 0 aliphatic rings. The van der Waals surface area contributed by atoms with Crippen molar-refractivity contribution in [1.29, 1.82) is 0 Å². The van der Waals surface area contributed by atoms with Gasteiger partial charge in [0.1, 0.15) is 0 Å². The number of carbonyl (C=O) groups excluding carboxylic acids is 1. The fraction of sp³-hybridized carbons (Fsp3) is 0.158. The molecule has 3 rings (SSSR count). The number of nitrogens with one attached hydrogen (secondary N) is 1. The molecular formula is C19H18N4O3S. The Morgan fingerprint density at radius 2 is 2.07 bits per heavy atom. The number of nitro benzene ring substituents is 1. The number of aromatic nitrogens is 2. The molecule has 1 amide bonds. The standard InChI is InChI=1S/C19H18N4O3S/c1-13-4-3-5-15(10-13)22-9-8-20-19(22)27-12-18(24)21-17-7-6-16(23(25)26)11-14(17)2/h3-11H,12H2,1-2H3,(H,21,24). The molecule has 1 aromatic heterocycles. The first-order chi connectivity index (χ1) is 12.9. The fourth-order valence-electron chi connectivity index (χ4n) is 2.59. The number of nitrogens with zero attached hydrogens (tertiary/aromatic N) is 3. The molecule has 0 fully saturated rings. The van der Waals surface area contributed by atoms with Gasteiger partial charge in [-0.25, -0.2) is 4.98 Å². The van der Waals surface area contributed by atoms with Crippen LogP contribution in [0.25, 0.3) is 5.69 Å². The van der Waals surface area contributed by atoms with E-state index in [1.807, 2.05) is 42.0 Å². The molecule has 2 aromatic carbocycles. The highest BCUT2D eigenvalue weighted by atomic mass is 32.2. The zero-order valence-corrected chi connectivity index (χ0v) is 15.7. The molecule has 0 bridgehead atoms. The van der Waals surface area contributed by atoms with Crippen LogP contribution in [0.15, 0.2) is 60.0 Å². The molecule has 0 radical (unpaired) electrons. The van der Waals surface area contributed by atoms with E-state index < -0.39 is 4.92 Å². The summed E-state index contributed by atoms with van der Waals surface area (Å²) in [6, 6.07) is 12.4. The van der Waals surface area contributed by atoms with E-state index in [2.05, 4.69) is 10.3 Å². The lowest BCUT2D eigenvalue weighted by atomic mass is 10.2.